The van der Waals surface area contributed by atoms with Crippen molar-refractivity contribution in [3.8, 4) is 0 Å². The molecule has 0 amide bonds. The first kappa shape index (κ1) is 15.0. The Morgan fingerprint density at radius 3 is 3.15 bits per heavy atom. The van der Waals surface area contributed by atoms with Crippen molar-refractivity contribution in [2.75, 3.05) is 32.8 Å². The highest BCUT2D eigenvalue weighted by atomic mass is 16.5. The van der Waals surface area contributed by atoms with E-state index in [4.69, 9.17) is 15.2 Å². The van der Waals surface area contributed by atoms with Gasteiger partial charge in [-0.05, 0) is 6.92 Å². The Balaban J connectivity index is 2.08. The Bertz CT molecular complexity index is 460. The summed E-state index contributed by atoms with van der Waals surface area (Å²) >= 11 is 0. The van der Waals surface area contributed by atoms with Crippen molar-refractivity contribution in [2.24, 2.45) is 12.8 Å². The molecule has 0 spiro atoms. The number of carbonyl (C=O) groups is 1. The highest BCUT2D eigenvalue weighted by Gasteiger charge is 2.23. The molecular formula is C13H22N4O3. The van der Waals surface area contributed by atoms with Gasteiger partial charge in [-0.1, -0.05) is 0 Å². The number of carbonyl (C=O) groups excluding carboxylic acids is 1. The summed E-state index contributed by atoms with van der Waals surface area (Å²) in [7, 11) is 1.83. The summed E-state index contributed by atoms with van der Waals surface area (Å²) in [5.74, 6) is -0.320. The van der Waals surface area contributed by atoms with Gasteiger partial charge in [0.2, 0.25) is 0 Å². The molecule has 7 heteroatoms. The van der Waals surface area contributed by atoms with E-state index in [1.165, 1.54) is 0 Å². The quantitative estimate of drug-likeness (QED) is 0.750. The number of esters is 1. The van der Waals surface area contributed by atoms with Gasteiger partial charge in [-0.25, -0.2) is 4.79 Å². The van der Waals surface area contributed by atoms with E-state index < -0.39 is 0 Å². The lowest BCUT2D eigenvalue weighted by Crippen LogP contribution is -2.45. The lowest BCUT2D eigenvalue weighted by atomic mass is 10.2. The van der Waals surface area contributed by atoms with Gasteiger partial charge in [-0.3, -0.25) is 9.58 Å². The van der Waals surface area contributed by atoms with Crippen LogP contribution in [-0.2, 0) is 23.1 Å². The molecule has 1 aliphatic heterocycles. The molecule has 1 aliphatic rings. The van der Waals surface area contributed by atoms with Crippen molar-refractivity contribution in [2.45, 2.75) is 19.6 Å². The van der Waals surface area contributed by atoms with Crippen LogP contribution in [0.1, 0.15) is 23.0 Å². The third kappa shape index (κ3) is 3.36. The second-order valence-corrected chi connectivity index (χ2v) is 4.81. The zero-order valence-corrected chi connectivity index (χ0v) is 12.0. The fraction of sp³-hybridized carbons (Fsp3) is 0.692. The van der Waals surface area contributed by atoms with Crippen LogP contribution < -0.4 is 5.73 Å². The van der Waals surface area contributed by atoms with E-state index in [9.17, 15) is 4.79 Å². The maximum absolute atomic E-state index is 11.9. The van der Waals surface area contributed by atoms with Crippen LogP contribution in [0.25, 0.3) is 0 Å². The summed E-state index contributed by atoms with van der Waals surface area (Å²) in [6.45, 7) is 5.56. The van der Waals surface area contributed by atoms with E-state index >= 15 is 0 Å². The van der Waals surface area contributed by atoms with Crippen LogP contribution in [0, 0.1) is 0 Å². The second kappa shape index (κ2) is 6.83. The first-order chi connectivity index (χ1) is 9.65. The van der Waals surface area contributed by atoms with Crippen molar-refractivity contribution in [1.82, 2.24) is 14.7 Å². The maximum atomic E-state index is 11.9. The zero-order valence-electron chi connectivity index (χ0n) is 12.0. The molecule has 0 saturated carbocycles. The number of hydrogen-bond donors (Lipinski definition) is 1. The molecule has 2 rings (SSSR count). The molecule has 2 heterocycles. The van der Waals surface area contributed by atoms with Crippen LogP contribution in [-0.4, -0.2) is 59.6 Å². The highest BCUT2D eigenvalue weighted by Crippen LogP contribution is 2.14. The van der Waals surface area contributed by atoms with Crippen molar-refractivity contribution in [1.29, 1.82) is 0 Å². The molecule has 1 aromatic rings. The molecule has 0 aliphatic carbocycles. The minimum absolute atomic E-state index is 0.0584. The Hall–Kier alpha value is -1.44. The third-order valence-electron chi connectivity index (χ3n) is 3.42. The first-order valence-electron chi connectivity index (χ1n) is 6.87. The van der Waals surface area contributed by atoms with Crippen LogP contribution >= 0.6 is 0 Å². The van der Waals surface area contributed by atoms with Gasteiger partial charge in [0.1, 0.15) is 5.56 Å². The number of aryl methyl sites for hydroxylation is 1. The minimum atomic E-state index is -0.320. The molecule has 1 atom stereocenters. The predicted octanol–water partition coefficient (Wildman–Crippen LogP) is -0.244. The van der Waals surface area contributed by atoms with E-state index in [0.29, 0.717) is 31.9 Å². The number of nitrogens with two attached hydrogens (primary N) is 1. The Kier molecular flexibility index (Phi) is 5.11. The van der Waals surface area contributed by atoms with E-state index in [1.807, 2.05) is 7.05 Å². The maximum Gasteiger partial charge on any atom is 0.341 e. The standard InChI is InChI=1S/C13H22N4O3/c1-3-19-13(18)11-7-15-16(2)12(11)9-17-4-5-20-10(6-14)8-17/h7,10H,3-6,8-9,14H2,1-2H3. The summed E-state index contributed by atoms with van der Waals surface area (Å²) in [6.07, 6.45) is 1.62. The van der Waals surface area contributed by atoms with Gasteiger partial charge in [0.15, 0.2) is 0 Å². The fourth-order valence-electron chi connectivity index (χ4n) is 2.31. The average molecular weight is 282 g/mol. The molecule has 20 heavy (non-hydrogen) atoms. The number of rotatable bonds is 5. The van der Waals surface area contributed by atoms with Gasteiger partial charge < -0.3 is 15.2 Å². The topological polar surface area (TPSA) is 82.6 Å². The van der Waals surface area contributed by atoms with Gasteiger partial charge >= 0.3 is 5.97 Å². The normalized spacial score (nSPS) is 20.1. The fourth-order valence-corrected chi connectivity index (χ4v) is 2.31. The molecule has 1 unspecified atom stereocenters. The van der Waals surface area contributed by atoms with Crippen LogP contribution in [0.3, 0.4) is 0 Å². The molecule has 2 N–H and O–H groups in total. The highest BCUT2D eigenvalue weighted by molar-refractivity contribution is 5.90. The summed E-state index contributed by atoms with van der Waals surface area (Å²) in [4.78, 5) is 14.1. The van der Waals surface area contributed by atoms with E-state index in [1.54, 1.807) is 17.8 Å². The van der Waals surface area contributed by atoms with Crippen LogP contribution in [0.15, 0.2) is 6.20 Å². The van der Waals surface area contributed by atoms with Crippen molar-refractivity contribution in [3.63, 3.8) is 0 Å². The Morgan fingerprint density at radius 2 is 2.45 bits per heavy atom. The van der Waals surface area contributed by atoms with E-state index in [2.05, 4.69) is 10.00 Å². The lowest BCUT2D eigenvalue weighted by Gasteiger charge is -2.32. The van der Waals surface area contributed by atoms with Gasteiger partial charge in [0, 0.05) is 33.2 Å². The third-order valence-corrected chi connectivity index (χ3v) is 3.42. The van der Waals surface area contributed by atoms with Crippen LogP contribution in [0.4, 0.5) is 0 Å². The number of morpholine rings is 1. The lowest BCUT2D eigenvalue weighted by molar-refractivity contribution is -0.0268. The predicted molar refractivity (Wildman–Crippen MR) is 73.2 cm³/mol. The molecule has 0 radical (unpaired) electrons. The summed E-state index contributed by atoms with van der Waals surface area (Å²) in [5.41, 5.74) is 7.04. The molecule has 7 nitrogen and oxygen atoms in total. The number of aromatic nitrogens is 2. The second-order valence-electron chi connectivity index (χ2n) is 4.81. The Labute approximate surface area is 118 Å². The number of ether oxygens (including phenoxy) is 2. The molecule has 1 aromatic heterocycles. The van der Waals surface area contributed by atoms with Gasteiger partial charge in [0.25, 0.3) is 0 Å². The van der Waals surface area contributed by atoms with Crippen LogP contribution in [0.2, 0.25) is 0 Å². The van der Waals surface area contributed by atoms with Gasteiger partial charge in [-0.15, -0.1) is 0 Å². The smallest absolute Gasteiger partial charge is 0.341 e. The summed E-state index contributed by atoms with van der Waals surface area (Å²) in [5, 5.41) is 4.16. The zero-order chi connectivity index (χ0) is 14.5. The largest absolute Gasteiger partial charge is 0.462 e. The molecule has 0 bridgehead atoms. The van der Waals surface area contributed by atoms with Crippen molar-refractivity contribution in [3.05, 3.63) is 17.5 Å². The molecular weight excluding hydrogens is 260 g/mol. The van der Waals surface area contributed by atoms with E-state index in [-0.39, 0.29) is 12.1 Å². The molecule has 112 valence electrons. The average Bonchev–Trinajstić information content (AvgIpc) is 2.81. The molecule has 1 fully saturated rings. The van der Waals surface area contributed by atoms with Gasteiger partial charge in [0.05, 0.1) is 31.2 Å². The number of nitrogens with zero attached hydrogens (tertiary/aromatic N) is 3. The monoisotopic (exact) mass is 282 g/mol. The molecule has 1 saturated heterocycles. The van der Waals surface area contributed by atoms with Crippen molar-refractivity contribution >= 4 is 5.97 Å². The summed E-state index contributed by atoms with van der Waals surface area (Å²) < 4.78 is 12.3. The van der Waals surface area contributed by atoms with Crippen molar-refractivity contribution < 1.29 is 14.3 Å². The van der Waals surface area contributed by atoms with E-state index in [0.717, 1.165) is 18.8 Å². The van der Waals surface area contributed by atoms with Crippen LogP contribution in [0.5, 0.6) is 0 Å². The summed E-state index contributed by atoms with van der Waals surface area (Å²) in [6, 6.07) is 0. The molecule has 0 aromatic carbocycles. The number of hydrogen-bond acceptors (Lipinski definition) is 6. The first-order valence-corrected chi connectivity index (χ1v) is 6.87. The minimum Gasteiger partial charge on any atom is -0.462 e. The SMILES string of the molecule is CCOC(=O)c1cnn(C)c1CN1CCOC(CN)C1. The Morgan fingerprint density at radius 1 is 1.65 bits per heavy atom. The van der Waals surface area contributed by atoms with Gasteiger partial charge in [-0.2, -0.15) is 5.10 Å².